The van der Waals surface area contributed by atoms with Gasteiger partial charge in [-0.15, -0.1) is 0 Å². The van der Waals surface area contributed by atoms with Crippen molar-refractivity contribution >= 4 is 0 Å². The molecule has 0 aliphatic carbocycles. The smallest absolute Gasteiger partial charge is 0.153 e. The fourth-order valence-electron chi connectivity index (χ4n) is 2.29. The molecular formula is C10H21NO2. The fourth-order valence-corrected chi connectivity index (χ4v) is 2.29. The van der Waals surface area contributed by atoms with Crippen LogP contribution in [0.4, 0.5) is 0 Å². The molecule has 1 heterocycles. The first-order chi connectivity index (χ1) is 6.02. The zero-order valence-electron chi connectivity index (χ0n) is 9.03. The third-order valence-corrected chi connectivity index (χ3v) is 2.83. The second-order valence-corrected chi connectivity index (χ2v) is 4.06. The predicted octanol–water partition coefficient (Wildman–Crippen LogP) is 1.56. The van der Waals surface area contributed by atoms with Gasteiger partial charge in [-0.25, -0.2) is 0 Å². The Bertz CT molecular complexity index is 151. The molecule has 78 valence electrons. The van der Waals surface area contributed by atoms with Crippen LogP contribution in [0, 0.1) is 0 Å². The Hall–Kier alpha value is -0.120. The number of likely N-dealkylation sites (tertiary alicyclic amines) is 1. The highest BCUT2D eigenvalue weighted by molar-refractivity contribution is 4.83. The van der Waals surface area contributed by atoms with Gasteiger partial charge in [-0.3, -0.25) is 4.90 Å². The minimum absolute atomic E-state index is 0.0208. The molecule has 4 unspecified atom stereocenters. The molecule has 0 bridgehead atoms. The van der Waals surface area contributed by atoms with Gasteiger partial charge in [0.25, 0.3) is 0 Å². The molecule has 1 saturated heterocycles. The van der Waals surface area contributed by atoms with Crippen LogP contribution in [0.15, 0.2) is 0 Å². The van der Waals surface area contributed by atoms with E-state index >= 15 is 0 Å². The van der Waals surface area contributed by atoms with Gasteiger partial charge in [-0.05, 0) is 40.5 Å². The normalized spacial score (nSPS) is 34.8. The maximum Gasteiger partial charge on any atom is 0.153 e. The molecule has 0 radical (unpaired) electrons. The molecular weight excluding hydrogens is 166 g/mol. The van der Waals surface area contributed by atoms with Crippen molar-refractivity contribution in [2.45, 2.75) is 65.1 Å². The van der Waals surface area contributed by atoms with E-state index in [1.807, 2.05) is 6.92 Å². The molecule has 1 fully saturated rings. The number of hydrogen-bond acceptors (Lipinski definition) is 3. The molecule has 0 aromatic rings. The lowest BCUT2D eigenvalue weighted by molar-refractivity contribution is -0.174. The van der Waals surface area contributed by atoms with E-state index in [1.165, 1.54) is 12.8 Å². The molecule has 4 atom stereocenters. The number of rotatable bonds is 3. The zero-order chi connectivity index (χ0) is 10.0. The van der Waals surface area contributed by atoms with Gasteiger partial charge in [0.2, 0.25) is 0 Å². The first kappa shape index (κ1) is 11.0. The molecule has 1 rings (SSSR count). The van der Waals surface area contributed by atoms with E-state index in [9.17, 15) is 0 Å². The largest absolute Gasteiger partial charge is 0.368 e. The minimum atomic E-state index is -0.671. The Morgan fingerprint density at radius 3 is 2.08 bits per heavy atom. The van der Waals surface area contributed by atoms with Crippen molar-refractivity contribution in [2.24, 2.45) is 0 Å². The van der Waals surface area contributed by atoms with E-state index in [4.69, 9.17) is 9.84 Å². The van der Waals surface area contributed by atoms with Crippen LogP contribution in [0.2, 0.25) is 0 Å². The first-order valence-electron chi connectivity index (χ1n) is 5.13. The quantitative estimate of drug-likeness (QED) is 0.681. The summed E-state index contributed by atoms with van der Waals surface area (Å²) in [6.45, 7) is 8.09. The third-order valence-electron chi connectivity index (χ3n) is 2.83. The van der Waals surface area contributed by atoms with Crippen LogP contribution < -0.4 is 0 Å². The molecule has 1 N–H and O–H groups in total. The number of ether oxygens (including phenoxy) is 1. The van der Waals surface area contributed by atoms with Crippen molar-refractivity contribution in [1.82, 2.24) is 4.90 Å². The maximum atomic E-state index is 9.11. The summed E-state index contributed by atoms with van der Waals surface area (Å²) >= 11 is 0. The molecule has 0 spiro atoms. The average molecular weight is 187 g/mol. The van der Waals surface area contributed by atoms with Gasteiger partial charge in [-0.1, -0.05) is 0 Å². The minimum Gasteiger partial charge on any atom is -0.368 e. The van der Waals surface area contributed by atoms with E-state index in [0.29, 0.717) is 12.1 Å². The summed E-state index contributed by atoms with van der Waals surface area (Å²) < 4.78 is 5.36. The topological polar surface area (TPSA) is 32.7 Å². The van der Waals surface area contributed by atoms with Gasteiger partial charge in [0.15, 0.2) is 6.29 Å². The molecule has 1 aliphatic rings. The fraction of sp³-hybridized carbons (Fsp3) is 1.00. The summed E-state index contributed by atoms with van der Waals surface area (Å²) in [5, 5.41) is 9.11. The van der Waals surface area contributed by atoms with Crippen LogP contribution >= 0.6 is 0 Å². The number of nitrogens with zero attached hydrogens (tertiary/aromatic N) is 1. The lowest BCUT2D eigenvalue weighted by Gasteiger charge is -2.32. The molecule has 0 aromatic heterocycles. The summed E-state index contributed by atoms with van der Waals surface area (Å²) in [6, 6.07) is 1.15. The van der Waals surface area contributed by atoms with Crippen molar-refractivity contribution in [1.29, 1.82) is 0 Å². The first-order valence-corrected chi connectivity index (χ1v) is 5.13. The van der Waals surface area contributed by atoms with E-state index in [-0.39, 0.29) is 6.23 Å². The van der Waals surface area contributed by atoms with E-state index in [0.717, 1.165) is 0 Å². The van der Waals surface area contributed by atoms with E-state index in [2.05, 4.69) is 18.7 Å². The van der Waals surface area contributed by atoms with Crippen LogP contribution in [-0.2, 0) is 4.74 Å². The highest BCUT2D eigenvalue weighted by atomic mass is 16.6. The number of aliphatic hydroxyl groups excluding tert-OH is 1. The Balaban J connectivity index is 2.48. The lowest BCUT2D eigenvalue weighted by atomic mass is 10.2. The van der Waals surface area contributed by atoms with Crippen LogP contribution in [0.3, 0.4) is 0 Å². The standard InChI is InChI=1S/C10H21NO2/c1-7-5-6-8(2)11(7)9(3)13-10(4)12/h7-10,12H,5-6H2,1-4H3. The summed E-state index contributed by atoms with van der Waals surface area (Å²) in [6.07, 6.45) is 1.81. The Morgan fingerprint density at radius 2 is 1.69 bits per heavy atom. The van der Waals surface area contributed by atoms with Crippen LogP contribution in [-0.4, -0.2) is 34.6 Å². The van der Waals surface area contributed by atoms with Gasteiger partial charge in [0.05, 0.1) is 0 Å². The van der Waals surface area contributed by atoms with Crippen molar-refractivity contribution in [2.75, 3.05) is 0 Å². The second-order valence-electron chi connectivity index (χ2n) is 4.06. The Labute approximate surface area is 80.7 Å². The Kier molecular flexibility index (Phi) is 3.71. The number of aliphatic hydroxyl groups is 1. The van der Waals surface area contributed by atoms with Gasteiger partial charge < -0.3 is 9.84 Å². The van der Waals surface area contributed by atoms with Crippen molar-refractivity contribution in [3.63, 3.8) is 0 Å². The zero-order valence-corrected chi connectivity index (χ0v) is 9.03. The predicted molar refractivity (Wildman–Crippen MR) is 52.2 cm³/mol. The molecule has 0 saturated carbocycles. The van der Waals surface area contributed by atoms with Crippen molar-refractivity contribution < 1.29 is 9.84 Å². The average Bonchev–Trinajstić information content (AvgIpc) is 2.29. The molecule has 3 nitrogen and oxygen atoms in total. The second kappa shape index (κ2) is 4.40. The SMILES string of the molecule is CC(O)OC(C)N1C(C)CCC1C. The maximum absolute atomic E-state index is 9.11. The summed E-state index contributed by atoms with van der Waals surface area (Å²) in [5.74, 6) is 0. The van der Waals surface area contributed by atoms with E-state index < -0.39 is 6.29 Å². The molecule has 0 amide bonds. The van der Waals surface area contributed by atoms with Crippen LogP contribution in [0.5, 0.6) is 0 Å². The molecule has 13 heavy (non-hydrogen) atoms. The molecule has 1 aliphatic heterocycles. The summed E-state index contributed by atoms with van der Waals surface area (Å²) in [7, 11) is 0. The van der Waals surface area contributed by atoms with Gasteiger partial charge in [-0.2, -0.15) is 0 Å². The van der Waals surface area contributed by atoms with Crippen LogP contribution in [0.25, 0.3) is 0 Å². The van der Waals surface area contributed by atoms with Crippen molar-refractivity contribution in [3.8, 4) is 0 Å². The molecule has 3 heteroatoms. The Morgan fingerprint density at radius 1 is 1.23 bits per heavy atom. The highest BCUT2D eigenvalue weighted by Crippen LogP contribution is 2.26. The number of hydrogen-bond donors (Lipinski definition) is 1. The molecule has 0 aromatic carbocycles. The highest BCUT2D eigenvalue weighted by Gasteiger charge is 2.31. The van der Waals surface area contributed by atoms with Gasteiger partial charge >= 0.3 is 0 Å². The van der Waals surface area contributed by atoms with Crippen LogP contribution in [0.1, 0.15) is 40.5 Å². The van der Waals surface area contributed by atoms with Crippen molar-refractivity contribution in [3.05, 3.63) is 0 Å². The summed E-state index contributed by atoms with van der Waals surface area (Å²) in [5.41, 5.74) is 0. The van der Waals surface area contributed by atoms with Gasteiger partial charge in [0, 0.05) is 12.1 Å². The lowest BCUT2D eigenvalue weighted by Crippen LogP contribution is -2.43. The monoisotopic (exact) mass is 187 g/mol. The third kappa shape index (κ3) is 2.66. The van der Waals surface area contributed by atoms with E-state index in [1.54, 1.807) is 6.92 Å². The van der Waals surface area contributed by atoms with Gasteiger partial charge in [0.1, 0.15) is 6.23 Å². The summed E-state index contributed by atoms with van der Waals surface area (Å²) in [4.78, 5) is 2.33.